The number of hydrogen-bond donors (Lipinski definition) is 3. The van der Waals surface area contributed by atoms with Crippen LogP contribution in [0, 0.1) is 0 Å². The SMILES string of the molecule is COc1ccc([C@@H](C)NC(=S)NCC[NH+](C)C)cc1Br. The van der Waals surface area contributed by atoms with Crippen molar-refractivity contribution in [3.63, 3.8) is 0 Å². The van der Waals surface area contributed by atoms with Gasteiger partial charge in [-0.1, -0.05) is 6.07 Å². The van der Waals surface area contributed by atoms with Crippen molar-refractivity contribution < 1.29 is 9.64 Å². The number of nitrogens with one attached hydrogen (secondary N) is 3. The van der Waals surface area contributed by atoms with Gasteiger partial charge in [0.05, 0.1) is 44.8 Å². The minimum absolute atomic E-state index is 0.143. The summed E-state index contributed by atoms with van der Waals surface area (Å²) >= 11 is 8.79. The first kappa shape index (κ1) is 17.2. The second-order valence-corrected chi connectivity index (χ2v) is 6.24. The molecule has 0 aliphatic carbocycles. The maximum Gasteiger partial charge on any atom is 0.166 e. The molecule has 0 radical (unpaired) electrons. The number of benzene rings is 1. The van der Waals surface area contributed by atoms with Gasteiger partial charge >= 0.3 is 0 Å². The van der Waals surface area contributed by atoms with Gasteiger partial charge in [-0.05, 0) is 52.8 Å². The number of ether oxygens (including phenoxy) is 1. The minimum atomic E-state index is 0.143. The molecule has 1 aromatic rings. The molecule has 0 amide bonds. The summed E-state index contributed by atoms with van der Waals surface area (Å²) in [4.78, 5) is 1.40. The lowest BCUT2D eigenvalue weighted by Gasteiger charge is -2.18. The van der Waals surface area contributed by atoms with Crippen molar-refractivity contribution in [3.05, 3.63) is 28.2 Å². The van der Waals surface area contributed by atoms with Gasteiger partial charge in [-0.15, -0.1) is 0 Å². The molecule has 0 saturated carbocycles. The summed E-state index contributed by atoms with van der Waals surface area (Å²) in [6.45, 7) is 3.98. The Morgan fingerprint density at radius 1 is 1.45 bits per heavy atom. The van der Waals surface area contributed by atoms with Crippen LogP contribution in [0.1, 0.15) is 18.5 Å². The van der Waals surface area contributed by atoms with E-state index in [0.29, 0.717) is 5.11 Å². The van der Waals surface area contributed by atoms with Gasteiger partial charge in [0.2, 0.25) is 0 Å². The fourth-order valence-corrected chi connectivity index (χ4v) is 2.55. The van der Waals surface area contributed by atoms with Crippen LogP contribution in [0.15, 0.2) is 22.7 Å². The molecule has 0 aliphatic rings. The Hall–Kier alpha value is -0.850. The summed E-state index contributed by atoms with van der Waals surface area (Å²) in [5, 5.41) is 7.18. The molecule has 1 rings (SSSR count). The highest BCUT2D eigenvalue weighted by atomic mass is 79.9. The fraction of sp³-hybridized carbons (Fsp3) is 0.500. The van der Waals surface area contributed by atoms with Crippen LogP contribution in [-0.4, -0.2) is 39.4 Å². The Balaban J connectivity index is 2.51. The molecular formula is C14H23BrN3OS+. The van der Waals surface area contributed by atoms with Crippen LogP contribution in [-0.2, 0) is 0 Å². The van der Waals surface area contributed by atoms with E-state index >= 15 is 0 Å². The smallest absolute Gasteiger partial charge is 0.166 e. The maximum absolute atomic E-state index is 5.30. The van der Waals surface area contributed by atoms with Gasteiger partial charge in [-0.2, -0.15) is 0 Å². The molecule has 112 valence electrons. The van der Waals surface area contributed by atoms with Crippen molar-refractivity contribution >= 4 is 33.3 Å². The van der Waals surface area contributed by atoms with Gasteiger partial charge in [-0.3, -0.25) is 0 Å². The van der Waals surface area contributed by atoms with Gasteiger partial charge < -0.3 is 20.3 Å². The Bertz CT molecular complexity index is 454. The predicted octanol–water partition coefficient (Wildman–Crippen LogP) is 1.13. The Morgan fingerprint density at radius 2 is 2.15 bits per heavy atom. The highest BCUT2D eigenvalue weighted by Gasteiger charge is 2.09. The monoisotopic (exact) mass is 360 g/mol. The minimum Gasteiger partial charge on any atom is -0.496 e. The third-order valence-electron chi connectivity index (χ3n) is 2.93. The van der Waals surface area contributed by atoms with Crippen molar-refractivity contribution in [1.82, 2.24) is 10.6 Å². The van der Waals surface area contributed by atoms with Gasteiger partial charge in [-0.25, -0.2) is 0 Å². The summed E-state index contributed by atoms with van der Waals surface area (Å²) in [6.07, 6.45) is 0. The predicted molar refractivity (Wildman–Crippen MR) is 90.5 cm³/mol. The van der Waals surface area contributed by atoms with E-state index in [1.54, 1.807) is 7.11 Å². The normalized spacial score (nSPS) is 12.1. The first-order chi connectivity index (χ1) is 9.43. The quantitative estimate of drug-likeness (QED) is 0.664. The van der Waals surface area contributed by atoms with Crippen molar-refractivity contribution in [1.29, 1.82) is 0 Å². The Kier molecular flexibility index (Phi) is 7.26. The molecule has 0 unspecified atom stereocenters. The van der Waals surface area contributed by atoms with Gasteiger partial charge in [0, 0.05) is 0 Å². The number of halogens is 1. The van der Waals surface area contributed by atoms with Crippen LogP contribution in [0.5, 0.6) is 5.75 Å². The van der Waals surface area contributed by atoms with E-state index in [0.717, 1.165) is 28.9 Å². The zero-order valence-corrected chi connectivity index (χ0v) is 14.8. The zero-order valence-electron chi connectivity index (χ0n) is 12.4. The van der Waals surface area contributed by atoms with Gasteiger partial charge in [0.25, 0.3) is 0 Å². The third kappa shape index (κ3) is 5.64. The zero-order chi connectivity index (χ0) is 15.1. The Labute approximate surface area is 135 Å². The fourth-order valence-electron chi connectivity index (χ4n) is 1.71. The highest BCUT2D eigenvalue weighted by Crippen LogP contribution is 2.27. The summed E-state index contributed by atoms with van der Waals surface area (Å²) in [5.74, 6) is 0.829. The number of methoxy groups -OCH3 is 1. The van der Waals surface area contributed by atoms with Crippen LogP contribution < -0.4 is 20.3 Å². The highest BCUT2D eigenvalue weighted by molar-refractivity contribution is 9.10. The van der Waals surface area contributed by atoms with E-state index in [1.807, 2.05) is 18.2 Å². The van der Waals surface area contributed by atoms with Crippen molar-refractivity contribution in [2.45, 2.75) is 13.0 Å². The number of likely N-dealkylation sites (N-methyl/N-ethyl adjacent to an activating group) is 1. The second-order valence-electron chi connectivity index (χ2n) is 4.97. The lowest BCUT2D eigenvalue weighted by Crippen LogP contribution is -3.06. The standard InChI is InChI=1S/C14H22BrN3OS/c1-10(17-14(20)16-7-8-18(2)3)11-5-6-13(19-4)12(15)9-11/h5-6,9-10H,7-8H2,1-4H3,(H2,16,17,20)/p+1/t10-/m1/s1. The molecule has 6 heteroatoms. The molecule has 0 aromatic heterocycles. The third-order valence-corrected chi connectivity index (χ3v) is 3.82. The van der Waals surface area contributed by atoms with E-state index in [-0.39, 0.29) is 6.04 Å². The molecule has 3 N–H and O–H groups in total. The summed E-state index contributed by atoms with van der Waals surface area (Å²) in [7, 11) is 5.90. The molecule has 0 saturated heterocycles. The Morgan fingerprint density at radius 3 is 2.70 bits per heavy atom. The second kappa shape index (κ2) is 8.44. The molecule has 1 aromatic carbocycles. The summed E-state index contributed by atoms with van der Waals surface area (Å²) in [6, 6.07) is 6.17. The molecular weight excluding hydrogens is 338 g/mol. The number of quaternary nitrogens is 1. The first-order valence-corrected chi connectivity index (χ1v) is 7.81. The van der Waals surface area contributed by atoms with Crippen molar-refractivity contribution in [2.24, 2.45) is 0 Å². The first-order valence-electron chi connectivity index (χ1n) is 6.61. The van der Waals surface area contributed by atoms with Crippen LogP contribution in [0.2, 0.25) is 0 Å². The van der Waals surface area contributed by atoms with E-state index in [1.165, 1.54) is 4.90 Å². The van der Waals surface area contributed by atoms with Crippen molar-refractivity contribution in [3.8, 4) is 5.75 Å². The number of hydrogen-bond acceptors (Lipinski definition) is 2. The molecule has 0 spiro atoms. The molecule has 4 nitrogen and oxygen atoms in total. The van der Waals surface area contributed by atoms with E-state index in [4.69, 9.17) is 17.0 Å². The molecule has 0 aliphatic heterocycles. The average molecular weight is 361 g/mol. The molecule has 0 bridgehead atoms. The number of thiocarbonyl (C=S) groups is 1. The summed E-state index contributed by atoms with van der Waals surface area (Å²) < 4.78 is 6.17. The van der Waals surface area contributed by atoms with Crippen LogP contribution in [0.25, 0.3) is 0 Å². The average Bonchev–Trinajstić information content (AvgIpc) is 2.38. The van der Waals surface area contributed by atoms with E-state index < -0.39 is 0 Å². The molecule has 0 heterocycles. The lowest BCUT2D eigenvalue weighted by atomic mass is 10.1. The van der Waals surface area contributed by atoms with E-state index in [9.17, 15) is 0 Å². The molecule has 20 heavy (non-hydrogen) atoms. The van der Waals surface area contributed by atoms with Gasteiger partial charge in [0.15, 0.2) is 5.11 Å². The topological polar surface area (TPSA) is 37.7 Å². The maximum atomic E-state index is 5.30. The van der Waals surface area contributed by atoms with Gasteiger partial charge in [0.1, 0.15) is 5.75 Å². The molecule has 1 atom stereocenters. The lowest BCUT2D eigenvalue weighted by molar-refractivity contribution is -0.856. The van der Waals surface area contributed by atoms with Crippen molar-refractivity contribution in [2.75, 3.05) is 34.3 Å². The van der Waals surface area contributed by atoms with E-state index in [2.05, 4.69) is 47.6 Å². The molecule has 0 fully saturated rings. The van der Waals surface area contributed by atoms with Crippen LogP contribution in [0.4, 0.5) is 0 Å². The largest absolute Gasteiger partial charge is 0.496 e. The van der Waals surface area contributed by atoms with Crippen LogP contribution in [0.3, 0.4) is 0 Å². The van der Waals surface area contributed by atoms with Crippen LogP contribution >= 0.6 is 28.1 Å². The number of rotatable bonds is 6. The summed E-state index contributed by atoms with van der Waals surface area (Å²) in [5.41, 5.74) is 1.15.